The van der Waals surface area contributed by atoms with E-state index in [4.69, 9.17) is 0 Å². The Labute approximate surface area is 84.3 Å². The van der Waals surface area contributed by atoms with Crippen LogP contribution in [0.2, 0.25) is 0 Å². The number of fused-ring (bicyclic) bond motifs is 3. The molecule has 0 bridgehead atoms. The fourth-order valence-electron chi connectivity index (χ4n) is 1.80. The van der Waals surface area contributed by atoms with Gasteiger partial charge in [0, 0.05) is 30.2 Å². The molecule has 1 N–H and O–H groups in total. The van der Waals surface area contributed by atoms with Crippen molar-refractivity contribution in [2.45, 2.75) is 0 Å². The van der Waals surface area contributed by atoms with Crippen LogP contribution in [0.4, 0.5) is 0 Å². The van der Waals surface area contributed by atoms with Gasteiger partial charge in [-0.1, -0.05) is 36.4 Å². The maximum absolute atomic E-state index is 3.38. The fourth-order valence-corrected chi connectivity index (χ4v) is 1.80. The minimum atomic E-state index is 0. The van der Waals surface area contributed by atoms with Crippen LogP contribution in [-0.4, -0.2) is 13.4 Å². The van der Waals surface area contributed by atoms with Gasteiger partial charge in [0.25, 0.3) is 0 Å². The number of benzene rings is 2. The molecule has 1 heterocycles. The lowest BCUT2D eigenvalue weighted by Crippen LogP contribution is -1.62. The van der Waals surface area contributed by atoms with E-state index in [1.54, 1.807) is 0 Å². The predicted molar refractivity (Wildman–Crippen MR) is 61.6 cm³/mol. The van der Waals surface area contributed by atoms with Gasteiger partial charge in [-0.25, -0.2) is 0 Å². The van der Waals surface area contributed by atoms with Crippen LogP contribution in [0.15, 0.2) is 48.5 Å². The molecule has 0 unspecified atom stereocenters. The third-order valence-electron chi connectivity index (χ3n) is 2.41. The van der Waals surface area contributed by atoms with Crippen LogP contribution in [0.25, 0.3) is 21.8 Å². The normalized spacial score (nSPS) is 10.3. The summed E-state index contributed by atoms with van der Waals surface area (Å²) < 4.78 is 0. The lowest BCUT2D eigenvalue weighted by atomic mass is 10.2. The number of para-hydroxylation sites is 2. The van der Waals surface area contributed by atoms with Crippen molar-refractivity contribution in [3.8, 4) is 0 Å². The quantitative estimate of drug-likeness (QED) is 0.509. The van der Waals surface area contributed by atoms with Gasteiger partial charge in [0.1, 0.15) is 0 Å². The molecule has 0 aliphatic rings. The highest BCUT2D eigenvalue weighted by Gasteiger charge is 2.00. The zero-order chi connectivity index (χ0) is 8.67. The van der Waals surface area contributed by atoms with Gasteiger partial charge in [-0.15, -0.1) is 0 Å². The first-order valence-electron chi connectivity index (χ1n) is 4.40. The number of hydrogen-bond acceptors (Lipinski definition) is 0. The molecule has 1 nitrogen and oxygen atoms in total. The largest absolute Gasteiger partial charge is 0.355 e. The van der Waals surface area contributed by atoms with Crippen LogP contribution in [0.3, 0.4) is 0 Å². The van der Waals surface area contributed by atoms with Crippen LogP contribution in [0, 0.1) is 0 Å². The van der Waals surface area contributed by atoms with Crippen LogP contribution >= 0.6 is 0 Å². The molecule has 65 valence electrons. The van der Waals surface area contributed by atoms with Crippen LogP contribution < -0.4 is 0 Å². The summed E-state index contributed by atoms with van der Waals surface area (Å²) in [7, 11) is 0. The van der Waals surface area contributed by atoms with E-state index in [-0.39, 0.29) is 8.41 Å². The minimum absolute atomic E-state index is 0. The molecule has 14 heavy (non-hydrogen) atoms. The fraction of sp³-hybridized carbons (Fsp3) is 0. The van der Waals surface area contributed by atoms with E-state index in [1.165, 1.54) is 21.8 Å². The van der Waals surface area contributed by atoms with E-state index in [0.717, 1.165) is 0 Å². The third kappa shape index (κ3) is 1.11. The standard InChI is InChI=1S/C12H9N.B/c1-3-7-11-9(5-1)10-6-2-4-8-12(10)13-11;/h1-8,13H;. The summed E-state index contributed by atoms with van der Waals surface area (Å²) in [4.78, 5) is 3.38. The second-order valence-corrected chi connectivity index (χ2v) is 3.22. The van der Waals surface area contributed by atoms with Crippen LogP contribution in [0.1, 0.15) is 0 Å². The van der Waals surface area contributed by atoms with Crippen molar-refractivity contribution in [2.24, 2.45) is 0 Å². The molecule has 0 aliphatic carbocycles. The molecule has 2 aromatic carbocycles. The second kappa shape index (κ2) is 3.22. The van der Waals surface area contributed by atoms with Crippen molar-refractivity contribution in [3.63, 3.8) is 0 Å². The number of H-pyrrole nitrogens is 1. The van der Waals surface area contributed by atoms with E-state index in [0.29, 0.717) is 0 Å². The lowest BCUT2D eigenvalue weighted by Gasteiger charge is -1.87. The monoisotopic (exact) mass is 178 g/mol. The first-order valence-corrected chi connectivity index (χ1v) is 4.40. The molecule has 3 rings (SSSR count). The molecule has 0 amide bonds. The van der Waals surface area contributed by atoms with Crippen LogP contribution in [0.5, 0.6) is 0 Å². The molecule has 0 atom stereocenters. The Bertz CT molecular complexity index is 518. The van der Waals surface area contributed by atoms with Crippen molar-refractivity contribution >= 4 is 30.2 Å². The number of aromatic nitrogens is 1. The van der Waals surface area contributed by atoms with Gasteiger partial charge in [0.05, 0.1) is 0 Å². The summed E-state index contributed by atoms with van der Waals surface area (Å²) in [5, 5.41) is 2.61. The molecule has 0 aliphatic heterocycles. The lowest BCUT2D eigenvalue weighted by molar-refractivity contribution is 1.55. The Kier molecular flexibility index (Phi) is 2.04. The Hall–Kier alpha value is -1.70. The van der Waals surface area contributed by atoms with E-state index in [2.05, 4.69) is 53.5 Å². The van der Waals surface area contributed by atoms with Gasteiger partial charge in [0.15, 0.2) is 0 Å². The van der Waals surface area contributed by atoms with E-state index >= 15 is 0 Å². The zero-order valence-electron chi connectivity index (χ0n) is 7.70. The Balaban J connectivity index is 0.000000750. The Morgan fingerprint density at radius 1 is 0.643 bits per heavy atom. The number of hydrogen-bond donors (Lipinski definition) is 1. The number of rotatable bonds is 0. The molecule has 2 heteroatoms. The average Bonchev–Trinajstić information content (AvgIpc) is 2.56. The van der Waals surface area contributed by atoms with E-state index in [9.17, 15) is 0 Å². The molecular formula is C12H9BN. The Morgan fingerprint density at radius 3 is 1.57 bits per heavy atom. The average molecular weight is 178 g/mol. The third-order valence-corrected chi connectivity index (χ3v) is 2.41. The molecule has 0 fully saturated rings. The van der Waals surface area contributed by atoms with Crippen molar-refractivity contribution in [1.82, 2.24) is 4.98 Å². The van der Waals surface area contributed by atoms with Gasteiger partial charge >= 0.3 is 0 Å². The topological polar surface area (TPSA) is 15.8 Å². The molecule has 0 spiro atoms. The first kappa shape index (κ1) is 8.88. The molecule has 3 aromatic rings. The molecule has 1 aromatic heterocycles. The number of nitrogens with one attached hydrogen (secondary N) is 1. The Morgan fingerprint density at radius 2 is 1.07 bits per heavy atom. The SMILES string of the molecule is [B].c1ccc2c(c1)[nH]c1ccccc12. The van der Waals surface area contributed by atoms with Gasteiger partial charge in [0.2, 0.25) is 0 Å². The highest BCUT2D eigenvalue weighted by Crippen LogP contribution is 2.24. The summed E-state index contributed by atoms with van der Waals surface area (Å²) in [6.07, 6.45) is 0. The molecular weight excluding hydrogens is 169 g/mol. The van der Waals surface area contributed by atoms with Gasteiger partial charge < -0.3 is 4.98 Å². The minimum Gasteiger partial charge on any atom is -0.355 e. The summed E-state index contributed by atoms with van der Waals surface area (Å²) in [5.74, 6) is 0. The van der Waals surface area contributed by atoms with Crippen LogP contribution in [-0.2, 0) is 0 Å². The number of aromatic amines is 1. The molecule has 0 saturated carbocycles. The summed E-state index contributed by atoms with van der Waals surface area (Å²) in [5.41, 5.74) is 2.42. The van der Waals surface area contributed by atoms with Gasteiger partial charge in [-0.2, -0.15) is 0 Å². The van der Waals surface area contributed by atoms with Crippen molar-refractivity contribution in [3.05, 3.63) is 48.5 Å². The van der Waals surface area contributed by atoms with E-state index in [1.807, 2.05) is 0 Å². The predicted octanol–water partition coefficient (Wildman–Crippen LogP) is 2.94. The first-order chi connectivity index (χ1) is 6.45. The van der Waals surface area contributed by atoms with Crippen molar-refractivity contribution in [2.75, 3.05) is 0 Å². The zero-order valence-corrected chi connectivity index (χ0v) is 7.70. The maximum atomic E-state index is 3.38. The summed E-state index contributed by atoms with van der Waals surface area (Å²) in [6, 6.07) is 16.8. The van der Waals surface area contributed by atoms with E-state index < -0.39 is 0 Å². The summed E-state index contributed by atoms with van der Waals surface area (Å²) in [6.45, 7) is 0. The summed E-state index contributed by atoms with van der Waals surface area (Å²) >= 11 is 0. The highest BCUT2D eigenvalue weighted by molar-refractivity contribution is 6.06. The van der Waals surface area contributed by atoms with Gasteiger partial charge in [-0.3, -0.25) is 0 Å². The van der Waals surface area contributed by atoms with Crippen molar-refractivity contribution in [1.29, 1.82) is 0 Å². The maximum Gasteiger partial charge on any atom is 0.0464 e. The molecule has 3 radical (unpaired) electrons. The second-order valence-electron chi connectivity index (χ2n) is 3.22. The van der Waals surface area contributed by atoms with Gasteiger partial charge in [-0.05, 0) is 12.1 Å². The molecule has 0 saturated heterocycles. The van der Waals surface area contributed by atoms with Crippen molar-refractivity contribution < 1.29 is 0 Å². The smallest absolute Gasteiger partial charge is 0.0464 e. The highest BCUT2D eigenvalue weighted by atomic mass is 14.7.